The fourth-order valence-corrected chi connectivity index (χ4v) is 10.0. The lowest BCUT2D eigenvalue weighted by atomic mass is 9.64. The molecule has 3 heterocycles. The minimum atomic E-state index is -2.22. The Hall–Kier alpha value is -3.51. The Morgan fingerprint density at radius 1 is 1.04 bits per heavy atom. The van der Waals surface area contributed by atoms with Gasteiger partial charge in [0, 0.05) is 26.7 Å². The lowest BCUT2D eigenvalue weighted by molar-refractivity contribution is -0.334. The first-order chi connectivity index (χ1) is 27.4. The van der Waals surface area contributed by atoms with Gasteiger partial charge in [-0.1, -0.05) is 30.2 Å². The Bertz CT molecular complexity index is 1720. The van der Waals surface area contributed by atoms with Crippen molar-refractivity contribution in [3.05, 3.63) is 77.4 Å². The van der Waals surface area contributed by atoms with Crippen LogP contribution in [0.2, 0.25) is 0 Å². The third-order valence-electron chi connectivity index (χ3n) is 13.0. The largest absolute Gasteiger partial charge is 0.478 e. The van der Waals surface area contributed by atoms with Crippen molar-refractivity contribution < 1.29 is 59.5 Å². The van der Waals surface area contributed by atoms with Crippen LogP contribution in [-0.2, 0) is 33.5 Å². The van der Waals surface area contributed by atoms with Gasteiger partial charge in [0.15, 0.2) is 5.60 Å². The van der Waals surface area contributed by atoms with Crippen molar-refractivity contribution in [1.29, 1.82) is 0 Å². The average Bonchev–Trinajstić information content (AvgIpc) is 3.52. The quantitative estimate of drug-likeness (QED) is 0.0782. The molecule has 0 amide bonds. The molecule has 5 aliphatic rings. The Labute approximate surface area is 335 Å². The maximum atomic E-state index is 12.7. The van der Waals surface area contributed by atoms with Crippen LogP contribution in [-0.4, -0.2) is 110 Å². The first-order valence-corrected chi connectivity index (χ1v) is 20.5. The van der Waals surface area contributed by atoms with Crippen molar-refractivity contribution in [2.24, 2.45) is 23.7 Å². The smallest absolute Gasteiger partial charge is 0.335 e. The minimum Gasteiger partial charge on any atom is -0.478 e. The lowest BCUT2D eigenvalue weighted by Gasteiger charge is -2.52. The van der Waals surface area contributed by atoms with Gasteiger partial charge < -0.3 is 54.7 Å². The third-order valence-corrected chi connectivity index (χ3v) is 13.0. The van der Waals surface area contributed by atoms with E-state index in [1.165, 1.54) is 0 Å². The summed E-state index contributed by atoms with van der Waals surface area (Å²) in [5.41, 5.74) is 0.0486. The van der Waals surface area contributed by atoms with Gasteiger partial charge in [0.2, 0.25) is 6.29 Å². The summed E-state index contributed by atoms with van der Waals surface area (Å²) in [7, 11) is 1.65. The number of carboxylic acid groups (broad SMARTS) is 1. The minimum absolute atomic E-state index is 0.00604. The van der Waals surface area contributed by atoms with E-state index < -0.39 is 59.9 Å². The number of benzene rings is 2. The molecule has 3 aliphatic heterocycles. The second kappa shape index (κ2) is 19.0. The van der Waals surface area contributed by atoms with E-state index in [0.717, 1.165) is 29.5 Å². The number of fused-ring (bicyclic) bond motifs is 9. The SMILES string of the molecule is C=CCc1ccc(O[C@@H]2O[C@H]3[C@@H](O)[C@H](O)[C@@]2(O)CC([C@@H]2CC[C@H]4C[C@H](Cc5ccc(C(=O)O)cc5)C[C@]4(O)C2)[C@@H](O)CC#CO[C@@H]3CCCO)cc1CCCOC. The number of aliphatic hydroxyl groups excluding tert-OH is 4. The van der Waals surface area contributed by atoms with Gasteiger partial charge in [-0.25, -0.2) is 4.79 Å². The van der Waals surface area contributed by atoms with Gasteiger partial charge >= 0.3 is 5.97 Å². The summed E-state index contributed by atoms with van der Waals surface area (Å²) >= 11 is 0. The maximum Gasteiger partial charge on any atom is 0.335 e. The van der Waals surface area contributed by atoms with Crippen molar-refractivity contribution in [2.45, 2.75) is 131 Å². The van der Waals surface area contributed by atoms with Gasteiger partial charge in [-0.15, -0.1) is 6.58 Å². The molecule has 0 spiro atoms. The molecule has 12 heteroatoms. The number of methoxy groups -OCH3 is 1. The molecule has 2 aromatic carbocycles. The lowest BCUT2D eigenvalue weighted by Crippen LogP contribution is -2.70. The topological polar surface area (TPSA) is 196 Å². The molecule has 2 aliphatic carbocycles. The van der Waals surface area contributed by atoms with Crippen molar-refractivity contribution in [3.8, 4) is 17.8 Å². The summed E-state index contributed by atoms with van der Waals surface area (Å²) in [6, 6.07) is 12.4. The summed E-state index contributed by atoms with van der Waals surface area (Å²) in [4.78, 5) is 11.4. The highest BCUT2D eigenvalue weighted by Gasteiger charge is 2.60. The summed E-state index contributed by atoms with van der Waals surface area (Å²) < 4.78 is 24.1. The van der Waals surface area contributed by atoms with E-state index in [1.54, 1.807) is 25.3 Å². The van der Waals surface area contributed by atoms with E-state index in [9.17, 15) is 40.5 Å². The molecule has 12 atom stereocenters. The van der Waals surface area contributed by atoms with Crippen LogP contribution in [0.5, 0.6) is 5.75 Å². The molecule has 3 fully saturated rings. The van der Waals surface area contributed by atoms with Gasteiger partial charge in [0.1, 0.15) is 36.3 Å². The van der Waals surface area contributed by atoms with E-state index in [1.807, 2.05) is 30.3 Å². The first-order valence-electron chi connectivity index (χ1n) is 20.5. The molecule has 1 saturated heterocycles. The number of hydrogen-bond acceptors (Lipinski definition) is 11. The Morgan fingerprint density at radius 2 is 1.82 bits per heavy atom. The van der Waals surface area contributed by atoms with Gasteiger partial charge in [0.25, 0.3) is 0 Å². The van der Waals surface area contributed by atoms with Crippen LogP contribution in [0.3, 0.4) is 0 Å². The van der Waals surface area contributed by atoms with Crippen LogP contribution in [0, 0.1) is 35.7 Å². The highest BCUT2D eigenvalue weighted by Crippen LogP contribution is 2.54. The number of ether oxygens (including phenoxy) is 4. The molecular weight excluding hydrogens is 732 g/mol. The van der Waals surface area contributed by atoms with Crippen LogP contribution >= 0.6 is 0 Å². The van der Waals surface area contributed by atoms with E-state index >= 15 is 0 Å². The summed E-state index contributed by atoms with van der Waals surface area (Å²) in [5.74, 6) is 1.56. The molecule has 12 nitrogen and oxygen atoms in total. The molecule has 7 rings (SSSR count). The zero-order valence-corrected chi connectivity index (χ0v) is 32.9. The highest BCUT2D eigenvalue weighted by molar-refractivity contribution is 5.87. The van der Waals surface area contributed by atoms with Gasteiger partial charge in [-0.3, -0.25) is 0 Å². The highest BCUT2D eigenvalue weighted by atomic mass is 16.7. The van der Waals surface area contributed by atoms with Gasteiger partial charge in [-0.05, 0) is 142 Å². The molecule has 0 aromatic heterocycles. The third kappa shape index (κ3) is 9.86. The van der Waals surface area contributed by atoms with Crippen LogP contribution in [0.1, 0.15) is 91.3 Å². The second-order valence-corrected chi connectivity index (χ2v) is 16.8. The van der Waals surface area contributed by atoms with Crippen molar-refractivity contribution in [3.63, 3.8) is 0 Å². The summed E-state index contributed by atoms with van der Waals surface area (Å²) in [6.07, 6.45) is 2.59. The number of aromatic carboxylic acids is 1. The number of carboxylic acids is 1. The number of carbonyl (C=O) groups is 1. The van der Waals surface area contributed by atoms with E-state index in [-0.39, 0.29) is 49.2 Å². The summed E-state index contributed by atoms with van der Waals surface area (Å²) in [5, 5.41) is 79.3. The van der Waals surface area contributed by atoms with Crippen molar-refractivity contribution in [2.75, 3.05) is 20.3 Å². The Kier molecular flexibility index (Phi) is 14.4. The average molecular weight is 793 g/mol. The number of allylic oxidation sites excluding steroid dienone is 1. The number of aliphatic hydroxyl groups is 6. The van der Waals surface area contributed by atoms with Crippen LogP contribution in [0.4, 0.5) is 0 Å². The molecule has 1 unspecified atom stereocenters. The zero-order chi connectivity index (χ0) is 40.7. The van der Waals surface area contributed by atoms with Crippen LogP contribution < -0.4 is 4.74 Å². The molecular formula is C45H60O12. The van der Waals surface area contributed by atoms with Gasteiger partial charge in [0.05, 0.1) is 17.3 Å². The van der Waals surface area contributed by atoms with E-state index in [4.69, 9.17) is 18.9 Å². The van der Waals surface area contributed by atoms with E-state index in [0.29, 0.717) is 63.7 Å². The summed E-state index contributed by atoms with van der Waals surface area (Å²) in [6.45, 7) is 4.31. The molecule has 7 N–H and O–H groups in total. The molecule has 0 radical (unpaired) electrons. The van der Waals surface area contributed by atoms with Crippen molar-refractivity contribution in [1.82, 2.24) is 0 Å². The molecule has 2 bridgehead atoms. The monoisotopic (exact) mass is 792 g/mol. The number of hydrogen-bond donors (Lipinski definition) is 7. The molecule has 57 heavy (non-hydrogen) atoms. The van der Waals surface area contributed by atoms with E-state index in [2.05, 4.69) is 18.6 Å². The van der Waals surface area contributed by atoms with Gasteiger partial charge in [-0.2, -0.15) is 0 Å². The fourth-order valence-electron chi connectivity index (χ4n) is 10.0. The fraction of sp³-hybridized carbons (Fsp3) is 0.622. The second-order valence-electron chi connectivity index (χ2n) is 16.8. The predicted octanol–water partition coefficient (Wildman–Crippen LogP) is 3.94. The zero-order valence-electron chi connectivity index (χ0n) is 32.9. The Morgan fingerprint density at radius 3 is 2.54 bits per heavy atom. The Balaban J connectivity index is 1.29. The molecule has 2 aromatic rings. The van der Waals surface area contributed by atoms with Crippen molar-refractivity contribution >= 4 is 5.97 Å². The van der Waals surface area contributed by atoms with Crippen LogP contribution in [0.15, 0.2) is 55.1 Å². The normalized spacial score (nSPS) is 35.1. The molecule has 2 saturated carbocycles. The number of rotatable bonds is 15. The predicted molar refractivity (Wildman–Crippen MR) is 210 cm³/mol. The standard InChI is InChI=1S/C45H60O12/c1-3-7-30-16-18-35(24-32(30)8-5-20-54-2)56-43-45(53)27-36(37(47)9-6-21-55-38(10-4-19-46)40(57-43)39(48)41(45)49)33-15-17-34-23-29(25-44(34,52)26-33)22-28-11-13-31(14-12-28)42(50)51/h3,11-14,16,18,24,29,33-34,36-41,43,46-49,52-53H,1,4-5,7-10,15,17,19-20,22-23,25-27H2,2H3,(H,50,51)/t29-,33+,34-,36?,37-,38+,39+,40+,41-,43+,44-,45-/m0/s1. The molecule has 312 valence electrons. The number of aryl methyl sites for hydroxylation is 1. The van der Waals surface area contributed by atoms with Crippen LogP contribution in [0.25, 0.3) is 0 Å². The first kappa shape index (κ1) is 43.1. The maximum absolute atomic E-state index is 12.7.